The Morgan fingerprint density at radius 1 is 1.20 bits per heavy atom. The van der Waals surface area contributed by atoms with Gasteiger partial charge in [-0.2, -0.15) is 0 Å². The summed E-state index contributed by atoms with van der Waals surface area (Å²) in [4.78, 5) is 12.0. The summed E-state index contributed by atoms with van der Waals surface area (Å²) in [6, 6.07) is 9.18. The van der Waals surface area contributed by atoms with Gasteiger partial charge in [0, 0.05) is 18.3 Å². The lowest BCUT2D eigenvalue weighted by Gasteiger charge is -2.14. The number of anilines is 2. The third-order valence-electron chi connectivity index (χ3n) is 3.64. The molecular formula is C16H16N2O2. The minimum Gasteiger partial charge on any atom is -0.508 e. The number of hydrogen-bond acceptors (Lipinski definition) is 3. The molecule has 2 aromatic rings. The predicted octanol–water partition coefficient (Wildman–Crippen LogP) is 2.90. The zero-order valence-electron chi connectivity index (χ0n) is 11.4. The van der Waals surface area contributed by atoms with Crippen molar-refractivity contribution in [2.24, 2.45) is 0 Å². The molecule has 1 amide bonds. The van der Waals surface area contributed by atoms with Crippen LogP contribution in [0, 0.1) is 6.92 Å². The highest BCUT2D eigenvalue weighted by Crippen LogP contribution is 2.38. The molecule has 0 aromatic heterocycles. The fraction of sp³-hybridized carbons (Fsp3) is 0.188. The fourth-order valence-corrected chi connectivity index (χ4v) is 2.66. The number of fused-ring (bicyclic) bond motifs is 3. The van der Waals surface area contributed by atoms with Crippen molar-refractivity contribution in [1.29, 1.82) is 0 Å². The number of aromatic hydroxyl groups is 1. The average molecular weight is 268 g/mol. The Hall–Kier alpha value is -2.49. The average Bonchev–Trinajstić information content (AvgIpc) is 2.53. The van der Waals surface area contributed by atoms with Crippen LogP contribution >= 0.6 is 0 Å². The van der Waals surface area contributed by atoms with Gasteiger partial charge in [-0.15, -0.1) is 0 Å². The van der Waals surface area contributed by atoms with Crippen LogP contribution in [-0.4, -0.2) is 18.1 Å². The van der Waals surface area contributed by atoms with Gasteiger partial charge in [-0.05, 0) is 47.9 Å². The molecule has 1 aliphatic rings. The van der Waals surface area contributed by atoms with Gasteiger partial charge >= 0.3 is 0 Å². The predicted molar refractivity (Wildman–Crippen MR) is 80.2 cm³/mol. The van der Waals surface area contributed by atoms with Crippen LogP contribution in [-0.2, 0) is 11.2 Å². The first-order chi connectivity index (χ1) is 9.58. The smallest absolute Gasteiger partial charge is 0.228 e. The Morgan fingerprint density at radius 2 is 2.00 bits per heavy atom. The molecule has 4 nitrogen and oxygen atoms in total. The van der Waals surface area contributed by atoms with Gasteiger partial charge in [-0.3, -0.25) is 4.79 Å². The van der Waals surface area contributed by atoms with E-state index in [0.717, 1.165) is 33.6 Å². The molecule has 0 aliphatic carbocycles. The maximum Gasteiger partial charge on any atom is 0.228 e. The van der Waals surface area contributed by atoms with E-state index in [9.17, 15) is 9.90 Å². The second kappa shape index (κ2) is 4.56. The van der Waals surface area contributed by atoms with Gasteiger partial charge in [0.2, 0.25) is 5.91 Å². The minimum atomic E-state index is -0.0680. The van der Waals surface area contributed by atoms with Crippen LogP contribution in [0.2, 0.25) is 0 Å². The van der Waals surface area contributed by atoms with Crippen molar-refractivity contribution in [2.45, 2.75) is 13.3 Å². The molecule has 3 N–H and O–H groups in total. The van der Waals surface area contributed by atoms with E-state index in [4.69, 9.17) is 0 Å². The Balaban J connectivity index is 2.28. The number of benzene rings is 2. The Kier molecular flexibility index (Phi) is 2.86. The van der Waals surface area contributed by atoms with Crippen LogP contribution in [0.25, 0.3) is 11.1 Å². The maximum absolute atomic E-state index is 12.0. The molecule has 0 spiro atoms. The van der Waals surface area contributed by atoms with Gasteiger partial charge < -0.3 is 15.7 Å². The Bertz CT molecular complexity index is 708. The van der Waals surface area contributed by atoms with E-state index in [1.807, 2.05) is 26.1 Å². The molecule has 0 atom stereocenters. The third kappa shape index (κ3) is 1.99. The van der Waals surface area contributed by atoms with E-state index in [1.165, 1.54) is 0 Å². The van der Waals surface area contributed by atoms with Crippen LogP contribution in [0.5, 0.6) is 5.75 Å². The first kappa shape index (κ1) is 12.5. The molecule has 4 heteroatoms. The van der Waals surface area contributed by atoms with E-state index in [-0.39, 0.29) is 18.1 Å². The van der Waals surface area contributed by atoms with Crippen LogP contribution in [0.4, 0.5) is 11.4 Å². The molecule has 102 valence electrons. The molecule has 0 radical (unpaired) electrons. The summed E-state index contributed by atoms with van der Waals surface area (Å²) in [6.07, 6.45) is 0.270. The van der Waals surface area contributed by atoms with Crippen LogP contribution < -0.4 is 10.6 Å². The minimum absolute atomic E-state index is 0.0680. The monoisotopic (exact) mass is 268 g/mol. The lowest BCUT2D eigenvalue weighted by molar-refractivity contribution is -0.115. The lowest BCUT2D eigenvalue weighted by Crippen LogP contribution is -2.12. The van der Waals surface area contributed by atoms with E-state index in [0.29, 0.717) is 0 Å². The number of phenols is 1. The Labute approximate surface area is 117 Å². The quantitative estimate of drug-likeness (QED) is 0.745. The molecule has 0 saturated carbocycles. The van der Waals surface area contributed by atoms with Crippen molar-refractivity contribution in [1.82, 2.24) is 0 Å². The zero-order chi connectivity index (χ0) is 14.3. The van der Waals surface area contributed by atoms with Crippen LogP contribution in [0.15, 0.2) is 30.3 Å². The lowest BCUT2D eigenvalue weighted by atomic mass is 9.95. The SMILES string of the molecule is CNc1cc2c(cc1C)-c1ccc(O)cc1CC(=O)N2. The summed E-state index contributed by atoms with van der Waals surface area (Å²) >= 11 is 0. The van der Waals surface area contributed by atoms with Gasteiger partial charge in [-0.25, -0.2) is 0 Å². The number of carbonyl (C=O) groups is 1. The Morgan fingerprint density at radius 3 is 2.75 bits per heavy atom. The van der Waals surface area contributed by atoms with Gasteiger partial charge in [0.1, 0.15) is 5.75 Å². The molecule has 0 saturated heterocycles. The van der Waals surface area contributed by atoms with Crippen molar-refractivity contribution in [3.8, 4) is 16.9 Å². The van der Waals surface area contributed by atoms with E-state index < -0.39 is 0 Å². The van der Waals surface area contributed by atoms with Gasteiger partial charge in [0.25, 0.3) is 0 Å². The van der Waals surface area contributed by atoms with Crippen molar-refractivity contribution in [3.63, 3.8) is 0 Å². The van der Waals surface area contributed by atoms with Crippen LogP contribution in [0.1, 0.15) is 11.1 Å². The number of amides is 1. The van der Waals surface area contributed by atoms with Crippen molar-refractivity contribution in [3.05, 3.63) is 41.5 Å². The summed E-state index contributed by atoms with van der Waals surface area (Å²) in [7, 11) is 1.86. The van der Waals surface area contributed by atoms with Gasteiger partial charge in [0.15, 0.2) is 0 Å². The van der Waals surface area contributed by atoms with Crippen molar-refractivity contribution < 1.29 is 9.90 Å². The largest absolute Gasteiger partial charge is 0.508 e. The molecule has 3 rings (SSSR count). The number of carbonyl (C=O) groups excluding carboxylic acids is 1. The summed E-state index contributed by atoms with van der Waals surface area (Å²) in [5.41, 5.74) is 5.73. The summed E-state index contributed by atoms with van der Waals surface area (Å²) < 4.78 is 0. The number of nitrogens with one attached hydrogen (secondary N) is 2. The second-order valence-electron chi connectivity index (χ2n) is 5.03. The standard InChI is InChI=1S/C16H16N2O2/c1-9-5-13-12-4-3-11(19)6-10(12)7-16(20)18-15(13)8-14(9)17-2/h3-6,8,17,19H,7H2,1-2H3,(H,18,20). The third-order valence-corrected chi connectivity index (χ3v) is 3.64. The van der Waals surface area contributed by atoms with E-state index in [1.54, 1.807) is 12.1 Å². The van der Waals surface area contributed by atoms with Crippen molar-refractivity contribution >= 4 is 17.3 Å². The molecule has 0 bridgehead atoms. The highest BCUT2D eigenvalue weighted by Gasteiger charge is 2.20. The number of aryl methyl sites for hydroxylation is 1. The molecule has 20 heavy (non-hydrogen) atoms. The normalized spacial score (nSPS) is 13.0. The molecule has 2 aromatic carbocycles. The summed E-state index contributed by atoms with van der Waals surface area (Å²) in [5.74, 6) is 0.116. The molecular weight excluding hydrogens is 252 g/mol. The fourth-order valence-electron chi connectivity index (χ4n) is 2.66. The maximum atomic E-state index is 12.0. The highest BCUT2D eigenvalue weighted by atomic mass is 16.3. The number of rotatable bonds is 1. The molecule has 1 heterocycles. The molecule has 1 aliphatic heterocycles. The van der Waals surface area contributed by atoms with Gasteiger partial charge in [0.05, 0.1) is 12.1 Å². The highest BCUT2D eigenvalue weighted by molar-refractivity contribution is 6.01. The first-order valence-electron chi connectivity index (χ1n) is 6.53. The summed E-state index contributed by atoms with van der Waals surface area (Å²) in [6.45, 7) is 2.03. The number of hydrogen-bond donors (Lipinski definition) is 3. The topological polar surface area (TPSA) is 61.4 Å². The zero-order valence-corrected chi connectivity index (χ0v) is 11.4. The first-order valence-corrected chi connectivity index (χ1v) is 6.53. The van der Waals surface area contributed by atoms with E-state index >= 15 is 0 Å². The molecule has 0 unspecified atom stereocenters. The molecule has 0 fully saturated rings. The summed E-state index contributed by atoms with van der Waals surface area (Å²) in [5, 5.41) is 15.7. The van der Waals surface area contributed by atoms with Crippen molar-refractivity contribution in [2.75, 3.05) is 17.7 Å². The number of phenolic OH excluding ortho intramolecular Hbond substituents is 1. The second-order valence-corrected chi connectivity index (χ2v) is 5.03. The van der Waals surface area contributed by atoms with Crippen LogP contribution in [0.3, 0.4) is 0 Å². The van der Waals surface area contributed by atoms with E-state index in [2.05, 4.69) is 16.7 Å². The van der Waals surface area contributed by atoms with Gasteiger partial charge in [-0.1, -0.05) is 6.07 Å².